The van der Waals surface area contributed by atoms with Crippen LogP contribution in [0.15, 0.2) is 0 Å². The van der Waals surface area contributed by atoms with Gasteiger partial charge in [0.25, 0.3) is 0 Å². The first-order chi connectivity index (χ1) is 8.82. The number of ether oxygens (including phenoxy) is 1. The van der Waals surface area contributed by atoms with Crippen molar-refractivity contribution < 1.29 is 4.74 Å². The second kappa shape index (κ2) is 6.88. The number of hydrogen-bond acceptors (Lipinski definition) is 3. The zero-order chi connectivity index (χ0) is 12.8. The van der Waals surface area contributed by atoms with Crippen LogP contribution < -0.4 is 11.3 Å². The van der Waals surface area contributed by atoms with Crippen LogP contribution in [-0.4, -0.2) is 18.8 Å². The van der Waals surface area contributed by atoms with Crippen molar-refractivity contribution in [3.63, 3.8) is 0 Å². The van der Waals surface area contributed by atoms with Crippen LogP contribution in [0.5, 0.6) is 0 Å². The number of hydrogen-bond donors (Lipinski definition) is 2. The molecule has 0 bridgehead atoms. The summed E-state index contributed by atoms with van der Waals surface area (Å²) < 4.78 is 5.98. The number of hydrazine groups is 1. The monoisotopic (exact) mass is 254 g/mol. The Kier molecular flexibility index (Phi) is 5.46. The topological polar surface area (TPSA) is 47.3 Å². The van der Waals surface area contributed by atoms with Gasteiger partial charge in [0.05, 0.1) is 11.6 Å². The molecule has 3 N–H and O–H groups in total. The molecule has 106 valence electrons. The smallest absolute Gasteiger partial charge is 0.0847 e. The lowest BCUT2D eigenvalue weighted by Crippen LogP contribution is -2.58. The van der Waals surface area contributed by atoms with Crippen LogP contribution in [0.1, 0.15) is 70.6 Å². The van der Waals surface area contributed by atoms with Crippen molar-refractivity contribution in [1.82, 2.24) is 5.43 Å². The van der Waals surface area contributed by atoms with Gasteiger partial charge in [-0.25, -0.2) is 0 Å². The molecule has 2 aliphatic rings. The van der Waals surface area contributed by atoms with Gasteiger partial charge in [-0.2, -0.15) is 0 Å². The Balaban J connectivity index is 2.08. The predicted molar refractivity (Wildman–Crippen MR) is 75.1 cm³/mol. The Morgan fingerprint density at radius 1 is 1.00 bits per heavy atom. The summed E-state index contributed by atoms with van der Waals surface area (Å²) in [6.45, 7) is 0. The third-order valence-electron chi connectivity index (χ3n) is 5.22. The van der Waals surface area contributed by atoms with E-state index < -0.39 is 0 Å². The van der Waals surface area contributed by atoms with E-state index in [0.29, 0.717) is 12.0 Å². The molecule has 0 aromatic heterocycles. The fourth-order valence-electron chi connectivity index (χ4n) is 4.15. The van der Waals surface area contributed by atoms with Crippen LogP contribution in [0.4, 0.5) is 0 Å². The number of nitrogens with one attached hydrogen (secondary N) is 1. The molecule has 0 saturated heterocycles. The Hall–Kier alpha value is -0.120. The minimum atomic E-state index is 0.00199. The molecule has 0 spiro atoms. The standard InChI is InChI=1S/C15H30N2O/c1-18-15(11-7-4-8-12-15)14(17-16)13-9-5-2-3-6-10-13/h13-14,17H,2-12,16H2,1H3. The van der Waals surface area contributed by atoms with Crippen LogP contribution >= 0.6 is 0 Å². The maximum atomic E-state index is 5.98. The Bertz CT molecular complexity index is 231. The third kappa shape index (κ3) is 3.06. The zero-order valence-electron chi connectivity index (χ0n) is 11.9. The zero-order valence-corrected chi connectivity index (χ0v) is 11.9. The second-order valence-electron chi connectivity index (χ2n) is 6.23. The Morgan fingerprint density at radius 2 is 1.56 bits per heavy atom. The molecule has 3 nitrogen and oxygen atoms in total. The van der Waals surface area contributed by atoms with Crippen LogP contribution in [-0.2, 0) is 4.74 Å². The molecule has 1 unspecified atom stereocenters. The van der Waals surface area contributed by atoms with Crippen molar-refractivity contribution in [2.75, 3.05) is 7.11 Å². The van der Waals surface area contributed by atoms with E-state index in [-0.39, 0.29) is 5.60 Å². The molecule has 2 fully saturated rings. The van der Waals surface area contributed by atoms with Gasteiger partial charge in [-0.1, -0.05) is 44.9 Å². The van der Waals surface area contributed by atoms with Gasteiger partial charge in [0.1, 0.15) is 0 Å². The lowest BCUT2D eigenvalue weighted by Gasteiger charge is -2.45. The summed E-state index contributed by atoms with van der Waals surface area (Å²) in [5.41, 5.74) is 3.14. The van der Waals surface area contributed by atoms with Crippen LogP contribution in [0.3, 0.4) is 0 Å². The quantitative estimate of drug-likeness (QED) is 0.460. The van der Waals surface area contributed by atoms with Crippen LogP contribution in [0.25, 0.3) is 0 Å². The molecular weight excluding hydrogens is 224 g/mol. The van der Waals surface area contributed by atoms with Crippen molar-refractivity contribution in [3.8, 4) is 0 Å². The van der Waals surface area contributed by atoms with E-state index in [4.69, 9.17) is 10.6 Å². The first kappa shape index (κ1) is 14.3. The summed E-state index contributed by atoms with van der Waals surface area (Å²) in [4.78, 5) is 0. The maximum absolute atomic E-state index is 5.98. The molecule has 18 heavy (non-hydrogen) atoms. The molecule has 0 radical (unpaired) electrons. The van der Waals surface area contributed by atoms with Gasteiger partial charge >= 0.3 is 0 Å². The van der Waals surface area contributed by atoms with Crippen molar-refractivity contribution >= 4 is 0 Å². The third-order valence-corrected chi connectivity index (χ3v) is 5.22. The van der Waals surface area contributed by atoms with Crippen molar-refractivity contribution in [1.29, 1.82) is 0 Å². The van der Waals surface area contributed by atoms with Crippen molar-refractivity contribution in [2.24, 2.45) is 11.8 Å². The van der Waals surface area contributed by atoms with E-state index in [1.807, 2.05) is 7.11 Å². The highest BCUT2D eigenvalue weighted by Crippen LogP contribution is 2.39. The van der Waals surface area contributed by atoms with E-state index in [1.165, 1.54) is 70.6 Å². The molecule has 2 aliphatic carbocycles. The summed E-state index contributed by atoms with van der Waals surface area (Å²) in [6.07, 6.45) is 14.4. The van der Waals surface area contributed by atoms with Crippen molar-refractivity contribution in [3.05, 3.63) is 0 Å². The van der Waals surface area contributed by atoms with Gasteiger partial charge in [-0.05, 0) is 31.6 Å². The van der Waals surface area contributed by atoms with Crippen LogP contribution in [0, 0.1) is 5.92 Å². The molecule has 0 aromatic rings. The van der Waals surface area contributed by atoms with Gasteiger partial charge in [-0.3, -0.25) is 11.3 Å². The minimum Gasteiger partial charge on any atom is -0.377 e. The SMILES string of the molecule is COC1(C(NN)C2CCCCCC2)CCCCC1. The predicted octanol–water partition coefficient (Wildman–Crippen LogP) is 3.14. The molecule has 0 aliphatic heterocycles. The lowest BCUT2D eigenvalue weighted by atomic mass is 9.73. The summed E-state index contributed by atoms with van der Waals surface area (Å²) >= 11 is 0. The first-order valence-corrected chi connectivity index (χ1v) is 7.84. The fourth-order valence-corrected chi connectivity index (χ4v) is 4.15. The van der Waals surface area contributed by atoms with Gasteiger partial charge in [0, 0.05) is 7.11 Å². The molecule has 2 rings (SSSR count). The molecule has 2 saturated carbocycles. The van der Waals surface area contributed by atoms with E-state index in [0.717, 1.165) is 0 Å². The summed E-state index contributed by atoms with van der Waals surface area (Å²) in [5.74, 6) is 6.62. The number of nitrogens with two attached hydrogens (primary N) is 1. The Morgan fingerprint density at radius 3 is 2.06 bits per heavy atom. The second-order valence-corrected chi connectivity index (χ2v) is 6.23. The molecule has 0 aromatic carbocycles. The van der Waals surface area contributed by atoms with E-state index >= 15 is 0 Å². The number of methoxy groups -OCH3 is 1. The number of rotatable bonds is 4. The largest absolute Gasteiger partial charge is 0.377 e. The van der Waals surface area contributed by atoms with E-state index in [1.54, 1.807) is 0 Å². The average molecular weight is 254 g/mol. The minimum absolute atomic E-state index is 0.00199. The van der Waals surface area contributed by atoms with Gasteiger partial charge in [0.15, 0.2) is 0 Å². The normalized spacial score (nSPS) is 27.7. The van der Waals surface area contributed by atoms with E-state index in [9.17, 15) is 0 Å². The van der Waals surface area contributed by atoms with Crippen molar-refractivity contribution in [2.45, 2.75) is 82.3 Å². The lowest BCUT2D eigenvalue weighted by molar-refractivity contribution is -0.0833. The van der Waals surface area contributed by atoms with Gasteiger partial charge in [0.2, 0.25) is 0 Å². The average Bonchev–Trinajstić information content (AvgIpc) is 2.70. The van der Waals surface area contributed by atoms with Gasteiger partial charge in [-0.15, -0.1) is 0 Å². The molecule has 0 amide bonds. The summed E-state index contributed by atoms with van der Waals surface area (Å²) in [6, 6.07) is 0.348. The highest BCUT2D eigenvalue weighted by atomic mass is 16.5. The van der Waals surface area contributed by atoms with Crippen LogP contribution in [0.2, 0.25) is 0 Å². The first-order valence-electron chi connectivity index (χ1n) is 7.84. The van der Waals surface area contributed by atoms with E-state index in [2.05, 4.69) is 5.43 Å². The highest BCUT2D eigenvalue weighted by Gasteiger charge is 2.43. The molecule has 3 heteroatoms. The highest BCUT2D eigenvalue weighted by molar-refractivity contribution is 4.98. The molecule has 0 heterocycles. The molecular formula is C15H30N2O. The molecule has 1 atom stereocenters. The summed E-state index contributed by atoms with van der Waals surface area (Å²) in [7, 11) is 1.88. The maximum Gasteiger partial charge on any atom is 0.0847 e. The van der Waals surface area contributed by atoms with Gasteiger partial charge < -0.3 is 4.74 Å². The fraction of sp³-hybridized carbons (Fsp3) is 1.00. The Labute approximate surface area is 112 Å². The summed E-state index contributed by atoms with van der Waals surface area (Å²) in [5, 5.41) is 0.